The van der Waals surface area contributed by atoms with E-state index in [2.05, 4.69) is 218 Å². The van der Waals surface area contributed by atoms with Crippen molar-refractivity contribution in [3.05, 3.63) is 212 Å². The molecule has 0 N–H and O–H groups in total. The lowest BCUT2D eigenvalue weighted by atomic mass is 9.94. The molecule has 3 heteroatoms. The Morgan fingerprint density at radius 2 is 0.948 bits per heavy atom. The molecule has 0 fully saturated rings. The number of fused-ring (bicyclic) bond motifs is 7. The molecule has 0 saturated carbocycles. The van der Waals surface area contributed by atoms with E-state index < -0.39 is 0 Å². The Kier molecular flexibility index (Phi) is 8.04. The van der Waals surface area contributed by atoms with Crippen LogP contribution in [0.3, 0.4) is 0 Å². The van der Waals surface area contributed by atoms with Gasteiger partial charge in [-0.1, -0.05) is 182 Å². The molecule has 0 amide bonds. The molecule has 11 rings (SSSR count). The van der Waals surface area contributed by atoms with Gasteiger partial charge >= 0.3 is 0 Å². The van der Waals surface area contributed by atoms with Crippen molar-refractivity contribution in [1.29, 1.82) is 0 Å². The van der Waals surface area contributed by atoms with Crippen LogP contribution in [0.2, 0.25) is 0 Å². The van der Waals surface area contributed by atoms with E-state index in [1.165, 1.54) is 21.9 Å². The normalized spacial score (nSPS) is 11.5. The highest BCUT2D eigenvalue weighted by Crippen LogP contribution is 2.43. The van der Waals surface area contributed by atoms with Crippen LogP contribution in [-0.2, 0) is 0 Å². The predicted molar refractivity (Wildman–Crippen MR) is 243 cm³/mol. The Hall–Kier alpha value is -7.62. The minimum Gasteiger partial charge on any atom is -0.308 e. The number of hydrogen-bond acceptors (Lipinski definition) is 2. The summed E-state index contributed by atoms with van der Waals surface area (Å²) in [5.74, 6) is 0. The van der Waals surface area contributed by atoms with Gasteiger partial charge in [0.15, 0.2) is 0 Å². The molecular formula is C55H37N3. The van der Waals surface area contributed by atoms with Crippen molar-refractivity contribution in [2.75, 3.05) is 0 Å². The quantitative estimate of drug-likeness (QED) is 0.159. The van der Waals surface area contributed by atoms with E-state index in [1.807, 2.05) is 0 Å². The van der Waals surface area contributed by atoms with E-state index in [4.69, 9.17) is 9.97 Å². The van der Waals surface area contributed by atoms with Crippen molar-refractivity contribution in [3.8, 4) is 61.7 Å². The zero-order valence-corrected chi connectivity index (χ0v) is 32.0. The van der Waals surface area contributed by atoms with Gasteiger partial charge < -0.3 is 4.57 Å². The first-order valence-corrected chi connectivity index (χ1v) is 19.8. The van der Waals surface area contributed by atoms with Gasteiger partial charge in [-0.25, -0.2) is 9.97 Å². The lowest BCUT2D eigenvalue weighted by molar-refractivity contribution is 1.18. The molecule has 0 bridgehead atoms. The van der Waals surface area contributed by atoms with Gasteiger partial charge in [-0.2, -0.15) is 0 Å². The summed E-state index contributed by atoms with van der Waals surface area (Å²) < 4.78 is 2.44. The Balaban J connectivity index is 1.11. The first-order chi connectivity index (χ1) is 28.7. The summed E-state index contributed by atoms with van der Waals surface area (Å²) in [5.41, 5.74) is 16.5. The second kappa shape index (κ2) is 13.8. The maximum absolute atomic E-state index is 5.49. The maximum atomic E-state index is 5.49. The number of hydrogen-bond donors (Lipinski definition) is 0. The molecule has 0 saturated heterocycles. The van der Waals surface area contributed by atoms with E-state index in [1.54, 1.807) is 0 Å². The SMILES string of the molecule is Cc1c(-c2ccc(-n3c4ccccc4c4c(-c5ccccc5)nc5c6ccccc6ccc5c43)cc2)cc(-c2ccc(-c3ccccc3)cc2)nc1-c1ccccc1. The predicted octanol–water partition coefficient (Wildman–Crippen LogP) is 14.5. The fourth-order valence-electron chi connectivity index (χ4n) is 8.73. The molecule has 3 nitrogen and oxygen atoms in total. The first kappa shape index (κ1) is 33.7. The largest absolute Gasteiger partial charge is 0.308 e. The summed E-state index contributed by atoms with van der Waals surface area (Å²) in [6, 6.07) is 73.6. The summed E-state index contributed by atoms with van der Waals surface area (Å²) in [4.78, 5) is 10.8. The average Bonchev–Trinajstić information content (AvgIpc) is 3.65. The van der Waals surface area contributed by atoms with Gasteiger partial charge in [0.05, 0.1) is 33.6 Å². The topological polar surface area (TPSA) is 30.7 Å². The summed E-state index contributed by atoms with van der Waals surface area (Å²) in [6.07, 6.45) is 0. The number of benzene rings is 8. The van der Waals surface area contributed by atoms with E-state index >= 15 is 0 Å². The summed E-state index contributed by atoms with van der Waals surface area (Å²) in [7, 11) is 0. The highest BCUT2D eigenvalue weighted by Gasteiger charge is 2.22. The zero-order chi connectivity index (χ0) is 38.6. The Morgan fingerprint density at radius 3 is 1.66 bits per heavy atom. The van der Waals surface area contributed by atoms with Crippen LogP contribution in [0.1, 0.15) is 5.56 Å². The van der Waals surface area contributed by atoms with Gasteiger partial charge in [0.1, 0.15) is 0 Å². The summed E-state index contributed by atoms with van der Waals surface area (Å²) >= 11 is 0. The molecule has 0 unspecified atom stereocenters. The van der Waals surface area contributed by atoms with Crippen LogP contribution in [0, 0.1) is 6.92 Å². The van der Waals surface area contributed by atoms with Crippen molar-refractivity contribution in [3.63, 3.8) is 0 Å². The third-order valence-electron chi connectivity index (χ3n) is 11.6. The number of rotatable bonds is 6. The third-order valence-corrected chi connectivity index (χ3v) is 11.6. The van der Waals surface area contributed by atoms with Crippen molar-refractivity contribution in [2.24, 2.45) is 0 Å². The van der Waals surface area contributed by atoms with Crippen molar-refractivity contribution in [2.45, 2.75) is 6.92 Å². The summed E-state index contributed by atoms with van der Waals surface area (Å²) in [5, 5.41) is 5.81. The third kappa shape index (κ3) is 5.59. The smallest absolute Gasteiger partial charge is 0.0810 e. The Labute approximate surface area is 337 Å². The molecule has 58 heavy (non-hydrogen) atoms. The van der Waals surface area contributed by atoms with E-state index in [9.17, 15) is 0 Å². The van der Waals surface area contributed by atoms with E-state index in [0.717, 1.165) is 88.9 Å². The van der Waals surface area contributed by atoms with E-state index in [-0.39, 0.29) is 0 Å². The van der Waals surface area contributed by atoms with Crippen LogP contribution >= 0.6 is 0 Å². The fourth-order valence-corrected chi connectivity index (χ4v) is 8.73. The second-order valence-corrected chi connectivity index (χ2v) is 15.0. The summed E-state index contributed by atoms with van der Waals surface area (Å²) in [6.45, 7) is 2.20. The van der Waals surface area contributed by atoms with Gasteiger partial charge in [0.25, 0.3) is 0 Å². The fraction of sp³-hybridized carbons (Fsp3) is 0.0182. The van der Waals surface area contributed by atoms with Gasteiger partial charge in [-0.15, -0.1) is 0 Å². The highest BCUT2D eigenvalue weighted by molar-refractivity contribution is 6.25. The lowest BCUT2D eigenvalue weighted by Gasteiger charge is -2.16. The molecule has 0 spiro atoms. The maximum Gasteiger partial charge on any atom is 0.0810 e. The lowest BCUT2D eigenvalue weighted by Crippen LogP contribution is -1.98. The van der Waals surface area contributed by atoms with Crippen LogP contribution in [0.4, 0.5) is 0 Å². The van der Waals surface area contributed by atoms with Gasteiger partial charge in [0.2, 0.25) is 0 Å². The molecule has 8 aromatic carbocycles. The van der Waals surface area contributed by atoms with Gasteiger partial charge in [0, 0.05) is 43.9 Å². The molecular weight excluding hydrogens is 703 g/mol. The minimum absolute atomic E-state index is 0.949. The standard InChI is InChI=1S/C55H37N3/c1-36-48(35-49(56-52(36)42-18-7-3-8-19-42)41-27-25-38(26-28-41)37-15-5-2-6-16-37)40-29-32-44(33-30-40)58-50-24-14-13-23-46(50)51-53(43-20-9-4-10-21-43)57-54-45-22-12-11-17-39(45)31-34-47(54)55(51)58/h2-35H,1H3. The number of nitrogens with zero attached hydrogens (tertiary/aromatic N) is 3. The molecule has 0 radical (unpaired) electrons. The molecule has 0 aliphatic heterocycles. The van der Waals surface area contributed by atoms with Crippen molar-refractivity contribution >= 4 is 43.5 Å². The number of para-hydroxylation sites is 1. The van der Waals surface area contributed by atoms with E-state index in [0.29, 0.717) is 0 Å². The molecule has 11 aromatic rings. The zero-order valence-electron chi connectivity index (χ0n) is 32.0. The van der Waals surface area contributed by atoms with Crippen LogP contribution in [-0.4, -0.2) is 14.5 Å². The number of pyridine rings is 2. The highest BCUT2D eigenvalue weighted by atomic mass is 15.0. The minimum atomic E-state index is 0.949. The molecule has 0 atom stereocenters. The van der Waals surface area contributed by atoms with Crippen molar-refractivity contribution in [1.82, 2.24) is 14.5 Å². The molecule has 0 aliphatic carbocycles. The van der Waals surface area contributed by atoms with Crippen LogP contribution in [0.15, 0.2) is 206 Å². The van der Waals surface area contributed by atoms with Gasteiger partial charge in [-0.05, 0) is 64.4 Å². The first-order valence-electron chi connectivity index (χ1n) is 19.8. The Bertz CT molecular complexity index is 3290. The molecule has 272 valence electrons. The second-order valence-electron chi connectivity index (χ2n) is 15.0. The van der Waals surface area contributed by atoms with Gasteiger partial charge in [-0.3, -0.25) is 0 Å². The van der Waals surface area contributed by atoms with Crippen molar-refractivity contribution < 1.29 is 0 Å². The number of aromatic nitrogens is 3. The molecule has 3 heterocycles. The van der Waals surface area contributed by atoms with Crippen LogP contribution in [0.25, 0.3) is 105 Å². The van der Waals surface area contributed by atoms with Crippen LogP contribution in [0.5, 0.6) is 0 Å². The molecule has 3 aromatic heterocycles. The Morgan fingerprint density at radius 1 is 0.397 bits per heavy atom. The average molecular weight is 740 g/mol. The van der Waals surface area contributed by atoms with Crippen LogP contribution < -0.4 is 0 Å². The molecule has 0 aliphatic rings. The monoisotopic (exact) mass is 739 g/mol.